The van der Waals surface area contributed by atoms with Crippen LogP contribution in [0.1, 0.15) is 57.6 Å². The SMILES string of the molecule is Cc1ccc(OCC[C@@H]2CCCCN2)c(C(C)(C)C)c1. The number of rotatable bonds is 4. The van der Waals surface area contributed by atoms with Crippen LogP contribution in [0.5, 0.6) is 5.75 Å². The van der Waals surface area contributed by atoms with E-state index in [-0.39, 0.29) is 5.41 Å². The first-order chi connectivity index (χ1) is 9.47. The van der Waals surface area contributed by atoms with Gasteiger partial charge in [-0.15, -0.1) is 0 Å². The van der Waals surface area contributed by atoms with Gasteiger partial charge in [0.1, 0.15) is 5.75 Å². The zero-order chi connectivity index (χ0) is 14.6. The van der Waals surface area contributed by atoms with Gasteiger partial charge in [-0.05, 0) is 49.8 Å². The van der Waals surface area contributed by atoms with Crippen LogP contribution in [0.25, 0.3) is 0 Å². The van der Waals surface area contributed by atoms with Crippen LogP contribution < -0.4 is 10.1 Å². The van der Waals surface area contributed by atoms with Crippen molar-refractivity contribution < 1.29 is 4.74 Å². The first-order valence-electron chi connectivity index (χ1n) is 7.94. The molecule has 1 heterocycles. The summed E-state index contributed by atoms with van der Waals surface area (Å²) in [5, 5.41) is 3.58. The van der Waals surface area contributed by atoms with E-state index in [1.165, 1.54) is 36.9 Å². The highest BCUT2D eigenvalue weighted by Gasteiger charge is 2.19. The molecule has 1 aromatic rings. The monoisotopic (exact) mass is 275 g/mol. The lowest BCUT2D eigenvalue weighted by molar-refractivity contribution is 0.263. The predicted octanol–water partition coefficient (Wildman–Crippen LogP) is 4.20. The number of piperidine rings is 1. The van der Waals surface area contributed by atoms with Crippen LogP contribution in [0.2, 0.25) is 0 Å². The second kappa shape index (κ2) is 6.62. The van der Waals surface area contributed by atoms with Crippen molar-refractivity contribution in [1.29, 1.82) is 0 Å². The number of benzene rings is 1. The Hall–Kier alpha value is -1.02. The largest absolute Gasteiger partial charge is 0.493 e. The first kappa shape index (κ1) is 15.4. The molecule has 1 aliphatic rings. The lowest BCUT2D eigenvalue weighted by Crippen LogP contribution is -2.35. The van der Waals surface area contributed by atoms with E-state index in [9.17, 15) is 0 Å². The first-order valence-corrected chi connectivity index (χ1v) is 7.94. The minimum atomic E-state index is 0.129. The fourth-order valence-corrected chi connectivity index (χ4v) is 2.84. The molecule has 0 saturated carbocycles. The smallest absolute Gasteiger partial charge is 0.123 e. The second-order valence-electron chi connectivity index (χ2n) is 7.03. The Kier molecular flexibility index (Phi) is 5.09. The van der Waals surface area contributed by atoms with E-state index in [1.807, 2.05) is 0 Å². The molecule has 1 aliphatic heterocycles. The lowest BCUT2D eigenvalue weighted by atomic mass is 9.85. The molecule has 1 fully saturated rings. The molecule has 0 spiro atoms. The van der Waals surface area contributed by atoms with Gasteiger partial charge in [0.15, 0.2) is 0 Å². The van der Waals surface area contributed by atoms with Gasteiger partial charge in [-0.3, -0.25) is 0 Å². The van der Waals surface area contributed by atoms with Crippen LogP contribution in [0.4, 0.5) is 0 Å². The van der Waals surface area contributed by atoms with E-state index in [4.69, 9.17) is 4.74 Å². The van der Waals surface area contributed by atoms with E-state index >= 15 is 0 Å². The summed E-state index contributed by atoms with van der Waals surface area (Å²) in [6.07, 6.45) is 5.08. The van der Waals surface area contributed by atoms with Gasteiger partial charge < -0.3 is 10.1 Å². The lowest BCUT2D eigenvalue weighted by Gasteiger charge is -2.25. The molecule has 1 N–H and O–H groups in total. The topological polar surface area (TPSA) is 21.3 Å². The zero-order valence-corrected chi connectivity index (χ0v) is 13.5. The van der Waals surface area contributed by atoms with E-state index in [0.29, 0.717) is 6.04 Å². The molecule has 2 rings (SSSR count). The van der Waals surface area contributed by atoms with Crippen LogP contribution in [-0.2, 0) is 5.41 Å². The molecule has 2 heteroatoms. The van der Waals surface area contributed by atoms with Gasteiger partial charge in [0.25, 0.3) is 0 Å². The number of hydrogen-bond acceptors (Lipinski definition) is 2. The van der Waals surface area contributed by atoms with Gasteiger partial charge in [0.05, 0.1) is 6.61 Å². The molecule has 1 atom stereocenters. The Morgan fingerprint density at radius 3 is 2.70 bits per heavy atom. The van der Waals surface area contributed by atoms with Crippen molar-refractivity contribution >= 4 is 0 Å². The molecular formula is C18H29NO. The molecule has 0 aliphatic carbocycles. The number of aryl methyl sites for hydroxylation is 1. The highest BCUT2D eigenvalue weighted by Crippen LogP contribution is 2.32. The summed E-state index contributed by atoms with van der Waals surface area (Å²) in [6, 6.07) is 7.18. The number of nitrogens with one attached hydrogen (secondary N) is 1. The van der Waals surface area contributed by atoms with Gasteiger partial charge in [0.2, 0.25) is 0 Å². The fraction of sp³-hybridized carbons (Fsp3) is 0.667. The van der Waals surface area contributed by atoms with Crippen LogP contribution in [0, 0.1) is 6.92 Å². The minimum Gasteiger partial charge on any atom is -0.493 e. The highest BCUT2D eigenvalue weighted by atomic mass is 16.5. The van der Waals surface area contributed by atoms with Crippen molar-refractivity contribution in [2.45, 2.75) is 64.8 Å². The van der Waals surface area contributed by atoms with Crippen molar-refractivity contribution in [3.05, 3.63) is 29.3 Å². The molecule has 112 valence electrons. The Bertz CT molecular complexity index is 428. The standard InChI is InChI=1S/C18H29NO/c1-14-8-9-17(16(13-14)18(2,3)4)20-12-10-15-7-5-6-11-19-15/h8-9,13,15,19H,5-7,10-12H2,1-4H3/t15-/m0/s1. The quantitative estimate of drug-likeness (QED) is 0.889. The summed E-state index contributed by atoms with van der Waals surface area (Å²) in [5.41, 5.74) is 2.75. The Morgan fingerprint density at radius 2 is 2.05 bits per heavy atom. The van der Waals surface area contributed by atoms with Gasteiger partial charge in [-0.25, -0.2) is 0 Å². The molecule has 0 unspecified atom stereocenters. The predicted molar refractivity (Wildman–Crippen MR) is 85.6 cm³/mol. The summed E-state index contributed by atoms with van der Waals surface area (Å²) in [6.45, 7) is 10.9. The van der Waals surface area contributed by atoms with Crippen LogP contribution in [0.3, 0.4) is 0 Å². The second-order valence-corrected chi connectivity index (χ2v) is 7.03. The van der Waals surface area contributed by atoms with E-state index in [0.717, 1.165) is 18.8 Å². The Morgan fingerprint density at radius 1 is 1.25 bits per heavy atom. The van der Waals surface area contributed by atoms with Crippen molar-refractivity contribution in [1.82, 2.24) is 5.32 Å². The Balaban J connectivity index is 1.95. The third-order valence-electron chi connectivity index (χ3n) is 4.08. The van der Waals surface area contributed by atoms with Gasteiger partial charge in [-0.2, -0.15) is 0 Å². The van der Waals surface area contributed by atoms with Crippen molar-refractivity contribution in [2.75, 3.05) is 13.2 Å². The summed E-state index contributed by atoms with van der Waals surface area (Å²) < 4.78 is 6.08. The average molecular weight is 275 g/mol. The Labute approximate surface area is 123 Å². The number of ether oxygens (including phenoxy) is 1. The van der Waals surface area contributed by atoms with E-state index < -0.39 is 0 Å². The van der Waals surface area contributed by atoms with Crippen LogP contribution in [-0.4, -0.2) is 19.2 Å². The highest BCUT2D eigenvalue weighted by molar-refractivity contribution is 5.41. The maximum atomic E-state index is 6.08. The third-order valence-corrected chi connectivity index (χ3v) is 4.08. The van der Waals surface area contributed by atoms with Gasteiger partial charge in [-0.1, -0.05) is 44.9 Å². The van der Waals surface area contributed by atoms with Crippen molar-refractivity contribution in [3.8, 4) is 5.75 Å². The molecule has 0 amide bonds. The normalized spacial score (nSPS) is 19.9. The molecule has 0 aromatic heterocycles. The summed E-state index contributed by atoms with van der Waals surface area (Å²) in [4.78, 5) is 0. The fourth-order valence-electron chi connectivity index (χ4n) is 2.84. The maximum Gasteiger partial charge on any atom is 0.123 e. The van der Waals surface area contributed by atoms with Gasteiger partial charge in [0, 0.05) is 6.04 Å². The number of hydrogen-bond donors (Lipinski definition) is 1. The molecular weight excluding hydrogens is 246 g/mol. The summed E-state index contributed by atoms with van der Waals surface area (Å²) >= 11 is 0. The van der Waals surface area contributed by atoms with E-state index in [2.05, 4.69) is 51.2 Å². The molecule has 2 nitrogen and oxygen atoms in total. The van der Waals surface area contributed by atoms with Crippen molar-refractivity contribution in [2.24, 2.45) is 0 Å². The third kappa shape index (κ3) is 4.24. The molecule has 0 bridgehead atoms. The van der Waals surface area contributed by atoms with Gasteiger partial charge >= 0.3 is 0 Å². The molecule has 0 radical (unpaired) electrons. The van der Waals surface area contributed by atoms with E-state index in [1.54, 1.807) is 0 Å². The molecule has 1 saturated heterocycles. The summed E-state index contributed by atoms with van der Waals surface area (Å²) in [7, 11) is 0. The average Bonchev–Trinajstić information content (AvgIpc) is 2.40. The maximum absolute atomic E-state index is 6.08. The summed E-state index contributed by atoms with van der Waals surface area (Å²) in [5.74, 6) is 1.05. The minimum absolute atomic E-state index is 0.129. The van der Waals surface area contributed by atoms with Crippen molar-refractivity contribution in [3.63, 3.8) is 0 Å². The zero-order valence-electron chi connectivity index (χ0n) is 13.5. The molecule has 20 heavy (non-hydrogen) atoms. The van der Waals surface area contributed by atoms with Crippen LogP contribution in [0.15, 0.2) is 18.2 Å². The molecule has 1 aromatic carbocycles. The van der Waals surface area contributed by atoms with Crippen LogP contribution >= 0.6 is 0 Å².